The number of rotatable bonds is 12. The Labute approximate surface area is 270 Å². The summed E-state index contributed by atoms with van der Waals surface area (Å²) in [5, 5.41) is 3.60. The van der Waals surface area contributed by atoms with Gasteiger partial charge >= 0.3 is 0 Å². The average molecular weight is 644 g/mol. The molecule has 0 bridgehead atoms. The molecule has 1 saturated carbocycles. The maximum absolute atomic E-state index is 14.5. The fraction of sp³-hybridized carbons (Fsp3) is 0.278. The lowest BCUT2D eigenvalue weighted by Crippen LogP contribution is -2.54. The number of sulfonamides is 1. The molecule has 1 aliphatic carbocycles. The monoisotopic (exact) mass is 643 g/mol. The molecule has 5 rings (SSSR count). The van der Waals surface area contributed by atoms with Crippen LogP contribution >= 0.6 is 11.6 Å². The number of carbonyl (C=O) groups excluding carboxylic acids is 2. The maximum atomic E-state index is 14.5. The zero-order valence-corrected chi connectivity index (χ0v) is 26.9. The molecule has 0 unspecified atom stereocenters. The molecule has 2 amide bonds. The molecule has 9 heteroatoms. The Bertz CT molecular complexity index is 1690. The van der Waals surface area contributed by atoms with Crippen molar-refractivity contribution in [3.05, 3.63) is 131 Å². The van der Waals surface area contributed by atoms with Crippen molar-refractivity contribution in [3.8, 4) is 0 Å². The van der Waals surface area contributed by atoms with E-state index in [1.54, 1.807) is 35.2 Å². The second kappa shape index (κ2) is 14.8. The molecule has 45 heavy (non-hydrogen) atoms. The molecule has 0 aromatic heterocycles. The summed E-state index contributed by atoms with van der Waals surface area (Å²) in [6.45, 7) is 1.61. The molecule has 234 valence electrons. The summed E-state index contributed by atoms with van der Waals surface area (Å²) in [7, 11) is -4.18. The van der Waals surface area contributed by atoms with Crippen molar-refractivity contribution in [2.75, 3.05) is 10.8 Å². The third-order valence-electron chi connectivity index (χ3n) is 8.13. The molecular formula is C36H38ClN3O4S. The number of hydrogen-bond donors (Lipinski definition) is 1. The molecular weight excluding hydrogens is 606 g/mol. The number of benzene rings is 4. The van der Waals surface area contributed by atoms with Gasteiger partial charge in [-0.05, 0) is 67.3 Å². The van der Waals surface area contributed by atoms with Crippen LogP contribution in [0.4, 0.5) is 5.69 Å². The van der Waals surface area contributed by atoms with Crippen molar-refractivity contribution in [1.29, 1.82) is 0 Å². The molecule has 1 atom stereocenters. The predicted octanol–water partition coefficient (Wildman–Crippen LogP) is 6.54. The highest BCUT2D eigenvalue weighted by Crippen LogP contribution is 2.26. The van der Waals surface area contributed by atoms with Crippen molar-refractivity contribution >= 4 is 39.1 Å². The van der Waals surface area contributed by atoms with E-state index in [0.717, 1.165) is 46.7 Å². The normalized spacial score (nSPS) is 14.1. The third-order valence-corrected chi connectivity index (χ3v) is 10.2. The number of aryl methyl sites for hydroxylation is 1. The molecule has 0 radical (unpaired) electrons. The Hall–Kier alpha value is -4.14. The number of halogens is 1. The van der Waals surface area contributed by atoms with Crippen molar-refractivity contribution < 1.29 is 18.0 Å². The topological polar surface area (TPSA) is 86.8 Å². The highest BCUT2D eigenvalue weighted by molar-refractivity contribution is 7.92. The number of nitrogens with zero attached hydrogens (tertiary/aromatic N) is 2. The fourth-order valence-corrected chi connectivity index (χ4v) is 7.33. The summed E-state index contributed by atoms with van der Waals surface area (Å²) < 4.78 is 29.2. The zero-order valence-electron chi connectivity index (χ0n) is 25.3. The smallest absolute Gasteiger partial charge is 0.264 e. The molecule has 7 nitrogen and oxygen atoms in total. The van der Waals surface area contributed by atoms with Gasteiger partial charge in [0.05, 0.1) is 10.6 Å². The van der Waals surface area contributed by atoms with Gasteiger partial charge in [0.1, 0.15) is 12.6 Å². The lowest BCUT2D eigenvalue weighted by Gasteiger charge is -2.34. The van der Waals surface area contributed by atoms with Gasteiger partial charge in [0.25, 0.3) is 10.0 Å². The lowest BCUT2D eigenvalue weighted by atomic mass is 10.0. The molecule has 1 N–H and O–H groups in total. The van der Waals surface area contributed by atoms with Gasteiger partial charge in [0, 0.05) is 24.0 Å². The minimum Gasteiger partial charge on any atom is -0.352 e. The number of hydrogen-bond acceptors (Lipinski definition) is 4. The number of para-hydroxylation sites is 1. The lowest BCUT2D eigenvalue weighted by molar-refractivity contribution is -0.140. The van der Waals surface area contributed by atoms with Crippen LogP contribution in [-0.4, -0.2) is 43.8 Å². The van der Waals surface area contributed by atoms with E-state index in [-0.39, 0.29) is 29.8 Å². The summed E-state index contributed by atoms with van der Waals surface area (Å²) >= 11 is 6.06. The summed E-state index contributed by atoms with van der Waals surface area (Å²) in [4.78, 5) is 30.2. The number of amides is 2. The largest absolute Gasteiger partial charge is 0.352 e. The van der Waals surface area contributed by atoms with Crippen LogP contribution in [0, 0.1) is 6.92 Å². The van der Waals surface area contributed by atoms with Crippen molar-refractivity contribution in [3.63, 3.8) is 0 Å². The van der Waals surface area contributed by atoms with E-state index >= 15 is 0 Å². The van der Waals surface area contributed by atoms with Gasteiger partial charge in [-0.15, -0.1) is 0 Å². The minimum atomic E-state index is -4.18. The third kappa shape index (κ3) is 8.32. The van der Waals surface area contributed by atoms with Crippen LogP contribution in [0.2, 0.25) is 5.02 Å². The Kier molecular flexibility index (Phi) is 10.6. The minimum absolute atomic E-state index is 0.00796. The molecule has 0 saturated heterocycles. The first-order chi connectivity index (χ1) is 21.7. The van der Waals surface area contributed by atoms with Crippen LogP contribution in [0.1, 0.15) is 42.4 Å². The molecule has 4 aromatic rings. The highest BCUT2D eigenvalue weighted by atomic mass is 35.5. The van der Waals surface area contributed by atoms with Gasteiger partial charge in [-0.3, -0.25) is 13.9 Å². The van der Waals surface area contributed by atoms with Gasteiger partial charge in [-0.2, -0.15) is 0 Å². The second-order valence-corrected chi connectivity index (χ2v) is 13.8. The van der Waals surface area contributed by atoms with Gasteiger partial charge in [0.2, 0.25) is 11.8 Å². The standard InChI is InChI=1S/C36H38ClN3O4S/c1-27-11-10-14-29(23-27)25-39(34(24-28-12-4-2-5-13-28)36(42)38-31-15-8-9-16-31)35(41)26-40(32-17-6-3-7-18-32)45(43,44)33-21-19-30(37)20-22-33/h2-7,10-14,17-23,31,34H,8-9,15-16,24-26H2,1H3,(H,38,42)/t34-/m1/s1. The summed E-state index contributed by atoms with van der Waals surface area (Å²) in [5.74, 6) is -0.723. The van der Waals surface area contributed by atoms with Gasteiger partial charge in [0.15, 0.2) is 0 Å². The highest BCUT2D eigenvalue weighted by Gasteiger charge is 2.35. The van der Waals surface area contributed by atoms with Crippen LogP contribution in [0.5, 0.6) is 0 Å². The van der Waals surface area contributed by atoms with Crippen LogP contribution in [0.25, 0.3) is 0 Å². The van der Waals surface area contributed by atoms with Crippen LogP contribution in [-0.2, 0) is 32.6 Å². The second-order valence-electron chi connectivity index (χ2n) is 11.5. The van der Waals surface area contributed by atoms with E-state index in [1.165, 1.54) is 24.3 Å². The Morgan fingerprint density at radius 3 is 2.11 bits per heavy atom. The first-order valence-electron chi connectivity index (χ1n) is 15.2. The van der Waals surface area contributed by atoms with Crippen molar-refractivity contribution in [2.24, 2.45) is 0 Å². The van der Waals surface area contributed by atoms with Gasteiger partial charge in [-0.25, -0.2) is 8.42 Å². The van der Waals surface area contributed by atoms with Gasteiger partial charge < -0.3 is 10.2 Å². The van der Waals surface area contributed by atoms with Gasteiger partial charge in [-0.1, -0.05) is 103 Å². The first-order valence-corrected chi connectivity index (χ1v) is 17.1. The van der Waals surface area contributed by atoms with Crippen molar-refractivity contribution in [2.45, 2.75) is 62.6 Å². The fourth-order valence-electron chi connectivity index (χ4n) is 5.79. The average Bonchev–Trinajstić information content (AvgIpc) is 3.55. The van der Waals surface area contributed by atoms with E-state index < -0.39 is 28.5 Å². The molecule has 1 aliphatic rings. The predicted molar refractivity (Wildman–Crippen MR) is 178 cm³/mol. The van der Waals surface area contributed by atoms with E-state index in [4.69, 9.17) is 11.6 Å². The summed E-state index contributed by atoms with van der Waals surface area (Å²) in [6.07, 6.45) is 4.18. The molecule has 0 aliphatic heterocycles. The number of nitrogens with one attached hydrogen (secondary N) is 1. The number of anilines is 1. The maximum Gasteiger partial charge on any atom is 0.264 e. The van der Waals surface area contributed by atoms with Crippen LogP contribution < -0.4 is 9.62 Å². The first kappa shape index (κ1) is 32.3. The summed E-state index contributed by atoms with van der Waals surface area (Å²) in [6, 6.07) is 31.0. The van der Waals surface area contributed by atoms with Crippen molar-refractivity contribution in [1.82, 2.24) is 10.2 Å². The Balaban J connectivity index is 1.55. The Morgan fingerprint density at radius 1 is 0.844 bits per heavy atom. The van der Waals surface area contributed by atoms with Crippen LogP contribution in [0.3, 0.4) is 0 Å². The zero-order chi connectivity index (χ0) is 31.8. The van der Waals surface area contributed by atoms with E-state index in [9.17, 15) is 18.0 Å². The molecule has 0 heterocycles. The SMILES string of the molecule is Cc1cccc(CN(C(=O)CN(c2ccccc2)S(=O)(=O)c2ccc(Cl)cc2)[C@H](Cc2ccccc2)C(=O)NC2CCCC2)c1. The quantitative estimate of drug-likeness (QED) is 0.190. The van der Waals surface area contributed by atoms with E-state index in [0.29, 0.717) is 10.7 Å². The molecule has 0 spiro atoms. The summed E-state index contributed by atoms with van der Waals surface area (Å²) in [5.41, 5.74) is 3.11. The molecule has 1 fully saturated rings. The van der Waals surface area contributed by atoms with E-state index in [1.807, 2.05) is 61.5 Å². The number of carbonyl (C=O) groups is 2. The van der Waals surface area contributed by atoms with E-state index in [2.05, 4.69) is 5.32 Å². The molecule has 4 aromatic carbocycles. The van der Waals surface area contributed by atoms with Crippen LogP contribution in [0.15, 0.2) is 114 Å². The Morgan fingerprint density at radius 2 is 1.47 bits per heavy atom.